The van der Waals surface area contributed by atoms with Crippen LogP contribution < -0.4 is 15.3 Å². The van der Waals surface area contributed by atoms with Crippen LogP contribution in [0.1, 0.15) is 25.5 Å². The number of benzene rings is 3. The predicted octanol–water partition coefficient (Wildman–Crippen LogP) is 4.55. The van der Waals surface area contributed by atoms with Gasteiger partial charge in [0.1, 0.15) is 11.9 Å². The number of esters is 1. The molecule has 0 aliphatic carbocycles. The van der Waals surface area contributed by atoms with Crippen molar-refractivity contribution in [3.8, 4) is 5.75 Å². The molecule has 162 valence electrons. The zero-order valence-corrected chi connectivity index (χ0v) is 19.2. The van der Waals surface area contributed by atoms with E-state index in [1.54, 1.807) is 7.11 Å². The average Bonchev–Trinajstić information content (AvgIpc) is 2.82. The Morgan fingerprint density at radius 3 is 2.03 bits per heavy atom. The molecule has 31 heavy (non-hydrogen) atoms. The molecule has 0 heterocycles. The van der Waals surface area contributed by atoms with Crippen molar-refractivity contribution in [2.45, 2.75) is 26.0 Å². The molecule has 0 aliphatic heterocycles. The summed E-state index contributed by atoms with van der Waals surface area (Å²) in [6.45, 7) is 3.31. The minimum Gasteiger partial charge on any atom is -0.496 e. The summed E-state index contributed by atoms with van der Waals surface area (Å²) in [5, 5.41) is 1.29. The van der Waals surface area contributed by atoms with Crippen molar-refractivity contribution in [1.29, 1.82) is 0 Å². The summed E-state index contributed by atoms with van der Waals surface area (Å²) in [6, 6.07) is 25.9. The Balaban J connectivity index is 2.14. The van der Waals surface area contributed by atoms with Crippen LogP contribution in [0.3, 0.4) is 0 Å². The van der Waals surface area contributed by atoms with Gasteiger partial charge in [-0.1, -0.05) is 60.7 Å². The molecule has 3 aromatic rings. The quantitative estimate of drug-likeness (QED) is 0.382. The van der Waals surface area contributed by atoms with Gasteiger partial charge in [-0.3, -0.25) is 9.36 Å². The van der Waals surface area contributed by atoms with Crippen molar-refractivity contribution >= 4 is 23.9 Å². The fourth-order valence-corrected chi connectivity index (χ4v) is 6.67. The third kappa shape index (κ3) is 4.73. The molecule has 0 aliphatic rings. The molecule has 0 radical (unpaired) electrons. The third-order valence-corrected chi connectivity index (χ3v) is 8.68. The normalized spacial score (nSPS) is 15.0. The highest BCUT2D eigenvalue weighted by molar-refractivity contribution is 7.76. The first-order valence-electron chi connectivity index (χ1n) is 10.1. The van der Waals surface area contributed by atoms with E-state index in [2.05, 4.69) is 0 Å². The zero-order chi connectivity index (χ0) is 22.4. The van der Waals surface area contributed by atoms with E-state index >= 15 is 0 Å². The number of methoxy groups -OCH3 is 1. The number of para-hydroxylation sites is 1. The van der Waals surface area contributed by atoms with Crippen LogP contribution in [0.4, 0.5) is 0 Å². The second-order valence-corrected chi connectivity index (χ2v) is 10.1. The van der Waals surface area contributed by atoms with Gasteiger partial charge in [0.2, 0.25) is 7.29 Å². The molecule has 0 amide bonds. The van der Waals surface area contributed by atoms with Crippen molar-refractivity contribution < 1.29 is 18.8 Å². The van der Waals surface area contributed by atoms with Crippen molar-refractivity contribution in [1.82, 2.24) is 4.67 Å². The lowest BCUT2D eigenvalue weighted by Gasteiger charge is -2.37. The lowest BCUT2D eigenvalue weighted by atomic mass is 10.0. The highest BCUT2D eigenvalue weighted by Gasteiger charge is 2.40. The van der Waals surface area contributed by atoms with E-state index < -0.39 is 13.4 Å². The van der Waals surface area contributed by atoms with Crippen molar-refractivity contribution in [3.63, 3.8) is 0 Å². The monoisotopic (exact) mass is 437 g/mol. The van der Waals surface area contributed by atoms with Crippen LogP contribution >= 0.6 is 7.29 Å². The molecule has 0 bridgehead atoms. The molecular formula is C25H28NO4P. The molecule has 0 saturated carbocycles. The van der Waals surface area contributed by atoms with E-state index in [0.29, 0.717) is 16.4 Å². The minimum atomic E-state index is -3.33. The number of likely N-dealkylation sites (N-methyl/N-ethyl adjacent to an activating group) is 1. The number of carbonyl (C=O) groups excluding carboxylic acids is 1. The Morgan fingerprint density at radius 2 is 1.45 bits per heavy atom. The fraction of sp³-hybridized carbons (Fsp3) is 0.240. The summed E-state index contributed by atoms with van der Waals surface area (Å²) in [7, 11) is 0.0564. The molecule has 0 aromatic heterocycles. The van der Waals surface area contributed by atoms with Crippen LogP contribution in [0, 0.1) is 0 Å². The number of rotatable bonds is 8. The van der Waals surface area contributed by atoms with Gasteiger partial charge in [-0.05, 0) is 43.8 Å². The number of nitrogens with zero attached hydrogens (tertiary/aromatic N) is 1. The van der Waals surface area contributed by atoms with E-state index in [-0.39, 0.29) is 12.0 Å². The number of hydrogen-bond donors (Lipinski definition) is 0. The zero-order valence-electron chi connectivity index (χ0n) is 18.3. The van der Waals surface area contributed by atoms with Crippen LogP contribution in [-0.4, -0.2) is 30.8 Å². The molecule has 3 aromatic carbocycles. The Bertz CT molecular complexity index is 1060. The summed E-state index contributed by atoms with van der Waals surface area (Å²) < 4.78 is 28.0. The maximum Gasteiger partial charge on any atom is 0.303 e. The van der Waals surface area contributed by atoms with Crippen LogP contribution in [0.2, 0.25) is 0 Å². The second-order valence-electron chi connectivity index (χ2n) is 7.34. The molecular weight excluding hydrogens is 409 g/mol. The van der Waals surface area contributed by atoms with Gasteiger partial charge < -0.3 is 9.47 Å². The smallest absolute Gasteiger partial charge is 0.303 e. The third-order valence-electron chi connectivity index (χ3n) is 5.41. The summed E-state index contributed by atoms with van der Waals surface area (Å²) in [5.74, 6) is 0.165. The fourth-order valence-electron chi connectivity index (χ4n) is 3.72. The van der Waals surface area contributed by atoms with Crippen LogP contribution in [0.15, 0.2) is 84.9 Å². The molecule has 0 N–H and O–H groups in total. The molecule has 0 saturated heterocycles. The van der Waals surface area contributed by atoms with E-state index in [1.807, 2.05) is 104 Å². The number of carbonyl (C=O) groups is 1. The summed E-state index contributed by atoms with van der Waals surface area (Å²) in [5.41, 5.74) is 0.844. The van der Waals surface area contributed by atoms with E-state index in [0.717, 1.165) is 5.56 Å². The SMILES string of the molecule is COc1ccccc1P(=O)(c1ccccc1)N(C)[C@H](C)[C@@H](OC(C)=O)c1ccccc1. The van der Waals surface area contributed by atoms with Gasteiger partial charge in [-0.25, -0.2) is 4.67 Å². The molecule has 6 heteroatoms. The first-order chi connectivity index (χ1) is 14.9. The lowest BCUT2D eigenvalue weighted by Crippen LogP contribution is -2.40. The largest absolute Gasteiger partial charge is 0.496 e. The maximum atomic E-state index is 14.9. The standard InChI is InChI=1S/C25H28NO4P/c1-19(25(30-20(2)27)21-13-7-5-8-14-21)26(3)31(28,22-15-9-6-10-16-22)24-18-12-11-17-23(24)29-4/h5-19,25H,1-4H3/t19-,25-,31?/m1/s1. The molecule has 1 unspecified atom stereocenters. The summed E-state index contributed by atoms with van der Waals surface area (Å²) >= 11 is 0. The topological polar surface area (TPSA) is 55.8 Å². The van der Waals surface area contributed by atoms with Crippen molar-refractivity contribution in [3.05, 3.63) is 90.5 Å². The molecule has 0 spiro atoms. The Hall–Kier alpha value is -2.88. The number of ether oxygens (including phenoxy) is 2. The molecule has 3 atom stereocenters. The van der Waals surface area contributed by atoms with Crippen LogP contribution in [0.25, 0.3) is 0 Å². The Morgan fingerprint density at radius 1 is 0.903 bits per heavy atom. The molecule has 3 rings (SSSR count). The summed E-state index contributed by atoms with van der Waals surface area (Å²) in [4.78, 5) is 11.9. The maximum absolute atomic E-state index is 14.9. The minimum absolute atomic E-state index is 0.387. The Labute approximate surface area is 184 Å². The van der Waals surface area contributed by atoms with E-state index in [1.165, 1.54) is 6.92 Å². The van der Waals surface area contributed by atoms with E-state index in [4.69, 9.17) is 9.47 Å². The Kier molecular flexibility index (Phi) is 7.32. The first-order valence-corrected chi connectivity index (χ1v) is 11.8. The van der Waals surface area contributed by atoms with Gasteiger partial charge in [-0.15, -0.1) is 0 Å². The van der Waals surface area contributed by atoms with Crippen LogP contribution in [0.5, 0.6) is 5.75 Å². The highest BCUT2D eigenvalue weighted by atomic mass is 31.2. The average molecular weight is 437 g/mol. The van der Waals surface area contributed by atoms with Gasteiger partial charge in [0.05, 0.1) is 18.5 Å². The van der Waals surface area contributed by atoms with E-state index in [9.17, 15) is 9.36 Å². The lowest BCUT2D eigenvalue weighted by molar-refractivity contribution is -0.149. The van der Waals surface area contributed by atoms with Gasteiger partial charge in [0.15, 0.2) is 0 Å². The van der Waals surface area contributed by atoms with Gasteiger partial charge in [-0.2, -0.15) is 0 Å². The number of hydrogen-bond acceptors (Lipinski definition) is 4. The summed E-state index contributed by atoms with van der Waals surface area (Å²) in [6.07, 6.45) is -0.588. The van der Waals surface area contributed by atoms with Gasteiger partial charge in [0.25, 0.3) is 0 Å². The van der Waals surface area contributed by atoms with Crippen molar-refractivity contribution in [2.75, 3.05) is 14.2 Å². The molecule has 5 nitrogen and oxygen atoms in total. The first kappa shape index (κ1) is 22.8. The van der Waals surface area contributed by atoms with Gasteiger partial charge >= 0.3 is 5.97 Å². The highest BCUT2D eigenvalue weighted by Crippen LogP contribution is 2.51. The van der Waals surface area contributed by atoms with Crippen LogP contribution in [-0.2, 0) is 14.1 Å². The second kappa shape index (κ2) is 9.95. The molecule has 0 fully saturated rings. The predicted molar refractivity (Wildman–Crippen MR) is 124 cm³/mol. The van der Waals surface area contributed by atoms with Crippen molar-refractivity contribution in [2.24, 2.45) is 0 Å². The van der Waals surface area contributed by atoms with Gasteiger partial charge in [0, 0.05) is 12.2 Å².